The summed E-state index contributed by atoms with van der Waals surface area (Å²) in [5, 5.41) is 2.41. The van der Waals surface area contributed by atoms with Crippen molar-refractivity contribution in [3.8, 4) is 0 Å². The summed E-state index contributed by atoms with van der Waals surface area (Å²) in [4.78, 5) is 12.0. The van der Waals surface area contributed by atoms with Gasteiger partial charge in [0, 0.05) is 11.8 Å². The first-order valence-corrected chi connectivity index (χ1v) is 7.08. The average Bonchev–Trinajstić information content (AvgIpc) is 2.43. The Hall–Kier alpha value is -1.01. The highest BCUT2D eigenvalue weighted by molar-refractivity contribution is 6.22. The van der Waals surface area contributed by atoms with Crippen molar-refractivity contribution in [2.45, 2.75) is 25.1 Å². The summed E-state index contributed by atoms with van der Waals surface area (Å²) in [5.41, 5.74) is -3.19. The van der Waals surface area contributed by atoms with Gasteiger partial charge in [-0.2, -0.15) is 13.2 Å². The Balaban J connectivity index is 3.15. The third-order valence-corrected chi connectivity index (χ3v) is 4.14. The topological polar surface area (TPSA) is 29.1 Å². The molecule has 21 heavy (non-hydrogen) atoms. The molecule has 0 unspecified atom stereocenters. The van der Waals surface area contributed by atoms with Crippen LogP contribution in [0.2, 0.25) is 0 Å². The Labute approximate surface area is 129 Å². The number of benzene rings is 1. The summed E-state index contributed by atoms with van der Waals surface area (Å²) < 4.78 is 51.7. The van der Waals surface area contributed by atoms with Crippen LogP contribution in [0.3, 0.4) is 0 Å². The fourth-order valence-corrected chi connectivity index (χ4v) is 2.41. The second-order valence-electron chi connectivity index (χ2n) is 4.52. The van der Waals surface area contributed by atoms with Gasteiger partial charge in [-0.15, -0.1) is 23.2 Å². The zero-order valence-electron chi connectivity index (χ0n) is 11.0. The third kappa shape index (κ3) is 4.01. The summed E-state index contributed by atoms with van der Waals surface area (Å²) >= 11 is 11.5. The number of amides is 1. The van der Waals surface area contributed by atoms with Crippen molar-refractivity contribution in [1.29, 1.82) is 0 Å². The van der Waals surface area contributed by atoms with E-state index in [1.54, 1.807) is 6.92 Å². The lowest BCUT2D eigenvalue weighted by atomic mass is 10.00. The van der Waals surface area contributed by atoms with Gasteiger partial charge in [-0.25, -0.2) is 4.39 Å². The van der Waals surface area contributed by atoms with Crippen LogP contribution in [-0.4, -0.2) is 23.2 Å². The van der Waals surface area contributed by atoms with E-state index in [0.717, 1.165) is 12.1 Å². The van der Waals surface area contributed by atoms with E-state index in [-0.39, 0.29) is 11.8 Å². The Morgan fingerprint density at radius 3 is 2.24 bits per heavy atom. The normalized spacial score (nSPS) is 12.3. The first kappa shape index (κ1) is 18.0. The molecule has 0 aliphatic rings. The largest absolute Gasteiger partial charge is 0.419 e. The monoisotopic (exact) mass is 345 g/mol. The molecule has 2 nitrogen and oxygen atoms in total. The minimum Gasteiger partial charge on any atom is -0.344 e. The minimum atomic E-state index is -4.87. The van der Waals surface area contributed by atoms with Gasteiger partial charge in [0.15, 0.2) is 0 Å². The Bertz CT molecular complexity index is 507. The molecule has 1 aromatic rings. The number of hydrogen-bond acceptors (Lipinski definition) is 1. The Morgan fingerprint density at radius 1 is 1.24 bits per heavy atom. The molecule has 0 saturated carbocycles. The number of halogens is 6. The van der Waals surface area contributed by atoms with E-state index in [1.165, 1.54) is 0 Å². The van der Waals surface area contributed by atoms with Crippen molar-refractivity contribution >= 4 is 29.1 Å². The van der Waals surface area contributed by atoms with Crippen LogP contribution in [0, 0.1) is 5.82 Å². The highest BCUT2D eigenvalue weighted by Gasteiger charge is 2.36. The standard InChI is InChI=1S/C13H13Cl2F4NO/c1-2-12(6-14,7-15)20-11(21)8-4-3-5-9(10(8)16)13(17,18)19/h3-5H,2,6-7H2,1H3,(H,20,21). The highest BCUT2D eigenvalue weighted by atomic mass is 35.5. The predicted octanol–water partition coefficient (Wildman–Crippen LogP) is 4.20. The number of alkyl halides is 5. The fraction of sp³-hybridized carbons (Fsp3) is 0.462. The number of nitrogens with one attached hydrogen (secondary N) is 1. The van der Waals surface area contributed by atoms with Crippen molar-refractivity contribution in [2.24, 2.45) is 0 Å². The molecule has 1 aromatic carbocycles. The molecule has 1 rings (SSSR count). The maximum Gasteiger partial charge on any atom is 0.419 e. The maximum absolute atomic E-state index is 13.9. The van der Waals surface area contributed by atoms with Crippen LogP contribution in [-0.2, 0) is 6.18 Å². The number of hydrogen-bond donors (Lipinski definition) is 1. The van der Waals surface area contributed by atoms with E-state index in [0.29, 0.717) is 12.5 Å². The molecule has 118 valence electrons. The van der Waals surface area contributed by atoms with E-state index in [2.05, 4.69) is 5.32 Å². The lowest BCUT2D eigenvalue weighted by Crippen LogP contribution is -2.51. The van der Waals surface area contributed by atoms with Gasteiger partial charge in [0.2, 0.25) is 0 Å². The molecule has 0 atom stereocenters. The van der Waals surface area contributed by atoms with Crippen molar-refractivity contribution in [3.63, 3.8) is 0 Å². The van der Waals surface area contributed by atoms with Gasteiger partial charge in [0.05, 0.1) is 16.7 Å². The first-order chi connectivity index (χ1) is 9.70. The van der Waals surface area contributed by atoms with Gasteiger partial charge < -0.3 is 5.32 Å². The Kier molecular flexibility index (Phi) is 5.87. The fourth-order valence-electron chi connectivity index (χ4n) is 1.61. The molecule has 1 N–H and O–H groups in total. The number of rotatable bonds is 5. The summed E-state index contributed by atoms with van der Waals surface area (Å²) in [6.07, 6.45) is -4.52. The molecule has 8 heteroatoms. The van der Waals surface area contributed by atoms with Crippen molar-refractivity contribution < 1.29 is 22.4 Å². The minimum absolute atomic E-state index is 0.0423. The molecule has 0 saturated heterocycles. The van der Waals surface area contributed by atoms with Gasteiger partial charge in [-0.3, -0.25) is 4.79 Å². The maximum atomic E-state index is 13.9. The summed E-state index contributed by atoms with van der Waals surface area (Å²) in [7, 11) is 0. The molecule has 0 bridgehead atoms. The Morgan fingerprint density at radius 2 is 1.81 bits per heavy atom. The summed E-state index contributed by atoms with van der Waals surface area (Å²) in [5.74, 6) is -2.68. The van der Waals surface area contributed by atoms with E-state index in [1.807, 2.05) is 0 Å². The second kappa shape index (κ2) is 6.83. The van der Waals surface area contributed by atoms with Crippen molar-refractivity contribution in [3.05, 3.63) is 35.1 Å². The molecule has 0 fully saturated rings. The zero-order valence-corrected chi connectivity index (χ0v) is 12.5. The molecule has 0 spiro atoms. The zero-order chi connectivity index (χ0) is 16.3. The van der Waals surface area contributed by atoms with Crippen LogP contribution in [0.15, 0.2) is 18.2 Å². The average molecular weight is 346 g/mol. The molecule has 0 aromatic heterocycles. The van der Waals surface area contributed by atoms with E-state index in [4.69, 9.17) is 23.2 Å². The second-order valence-corrected chi connectivity index (χ2v) is 5.05. The van der Waals surface area contributed by atoms with Crippen molar-refractivity contribution in [1.82, 2.24) is 5.32 Å². The smallest absolute Gasteiger partial charge is 0.344 e. The molecular weight excluding hydrogens is 333 g/mol. The van der Waals surface area contributed by atoms with Gasteiger partial charge in [-0.05, 0) is 18.6 Å². The molecular formula is C13H13Cl2F4NO. The van der Waals surface area contributed by atoms with Crippen molar-refractivity contribution in [2.75, 3.05) is 11.8 Å². The van der Waals surface area contributed by atoms with Crippen LogP contribution in [0.5, 0.6) is 0 Å². The third-order valence-electron chi connectivity index (χ3n) is 3.12. The lowest BCUT2D eigenvalue weighted by molar-refractivity contribution is -0.140. The van der Waals surface area contributed by atoms with Crippen LogP contribution < -0.4 is 5.32 Å². The van der Waals surface area contributed by atoms with Gasteiger partial charge >= 0.3 is 6.18 Å². The van der Waals surface area contributed by atoms with Crippen LogP contribution in [0.25, 0.3) is 0 Å². The van der Waals surface area contributed by atoms with Crippen LogP contribution in [0.1, 0.15) is 29.3 Å². The summed E-state index contributed by atoms with van der Waals surface area (Å²) in [6, 6.07) is 2.51. The molecule has 0 heterocycles. The van der Waals surface area contributed by atoms with E-state index < -0.39 is 34.6 Å². The lowest BCUT2D eigenvalue weighted by Gasteiger charge is -2.29. The summed E-state index contributed by atoms with van der Waals surface area (Å²) in [6.45, 7) is 1.70. The van der Waals surface area contributed by atoms with Crippen LogP contribution >= 0.6 is 23.2 Å². The van der Waals surface area contributed by atoms with Gasteiger partial charge in [0.1, 0.15) is 5.82 Å². The van der Waals surface area contributed by atoms with Gasteiger partial charge in [0.25, 0.3) is 5.91 Å². The van der Waals surface area contributed by atoms with Crippen LogP contribution in [0.4, 0.5) is 17.6 Å². The predicted molar refractivity (Wildman–Crippen MR) is 73.3 cm³/mol. The van der Waals surface area contributed by atoms with Gasteiger partial charge in [-0.1, -0.05) is 13.0 Å². The van der Waals surface area contributed by atoms with E-state index >= 15 is 0 Å². The molecule has 0 radical (unpaired) electrons. The SMILES string of the molecule is CCC(CCl)(CCl)NC(=O)c1cccc(C(F)(F)F)c1F. The highest BCUT2D eigenvalue weighted by Crippen LogP contribution is 2.32. The molecule has 1 amide bonds. The quantitative estimate of drug-likeness (QED) is 0.628. The molecule has 0 aliphatic heterocycles. The number of carbonyl (C=O) groups is 1. The molecule has 0 aliphatic carbocycles. The number of carbonyl (C=O) groups excluding carboxylic acids is 1. The van der Waals surface area contributed by atoms with E-state index in [9.17, 15) is 22.4 Å². The first-order valence-electron chi connectivity index (χ1n) is 6.01.